The van der Waals surface area contributed by atoms with E-state index in [4.69, 9.17) is 17.0 Å². The molecule has 1 amide bonds. The zero-order valence-corrected chi connectivity index (χ0v) is 19.3. The number of carbonyl (C=O) groups excluding carboxylic acids is 1. The minimum Gasteiger partial charge on any atom is -0.378 e. The van der Waals surface area contributed by atoms with Crippen molar-refractivity contribution in [3.8, 4) is 0 Å². The molecule has 0 unspecified atom stereocenters. The number of carbonyl (C=O) groups is 1. The minimum absolute atomic E-state index is 0.110. The largest absolute Gasteiger partial charge is 0.378 e. The summed E-state index contributed by atoms with van der Waals surface area (Å²) in [6, 6.07) is 12.7. The van der Waals surface area contributed by atoms with E-state index in [1.54, 1.807) is 18.2 Å². The molecule has 2 heterocycles. The second kappa shape index (κ2) is 10.1. The van der Waals surface area contributed by atoms with Gasteiger partial charge in [-0.2, -0.15) is 0 Å². The second-order valence-corrected chi connectivity index (χ2v) is 8.52. The van der Waals surface area contributed by atoms with Crippen LogP contribution in [0.1, 0.15) is 15.9 Å². The average molecular weight is 470 g/mol. The van der Waals surface area contributed by atoms with Crippen LogP contribution in [0.5, 0.6) is 0 Å². The van der Waals surface area contributed by atoms with Crippen molar-refractivity contribution in [2.75, 3.05) is 62.3 Å². The highest BCUT2D eigenvalue weighted by Crippen LogP contribution is 2.33. The molecule has 174 valence electrons. The van der Waals surface area contributed by atoms with E-state index >= 15 is 0 Å². The van der Waals surface area contributed by atoms with Crippen LogP contribution in [-0.2, 0) is 4.74 Å². The quantitative estimate of drug-likeness (QED) is 0.415. The molecular formula is C23H27N5O4S. The van der Waals surface area contributed by atoms with Gasteiger partial charge in [0.05, 0.1) is 18.1 Å². The van der Waals surface area contributed by atoms with E-state index in [2.05, 4.69) is 10.2 Å². The SMILES string of the molecule is Cc1cccc(C(=O)NC(=S)N2CCN(c3ccc([N+](=O)[O-])c(N4CCOCC4)c3)CC2)c1. The van der Waals surface area contributed by atoms with Crippen LogP contribution in [0.15, 0.2) is 42.5 Å². The van der Waals surface area contributed by atoms with Gasteiger partial charge in [0.15, 0.2) is 5.11 Å². The van der Waals surface area contributed by atoms with Crippen molar-refractivity contribution in [2.45, 2.75) is 6.92 Å². The monoisotopic (exact) mass is 469 g/mol. The van der Waals surface area contributed by atoms with Crippen LogP contribution < -0.4 is 15.1 Å². The molecule has 10 heteroatoms. The molecule has 2 aliphatic heterocycles. The molecule has 0 aliphatic carbocycles. The molecule has 4 rings (SSSR count). The van der Waals surface area contributed by atoms with Crippen molar-refractivity contribution in [3.63, 3.8) is 0 Å². The lowest BCUT2D eigenvalue weighted by Gasteiger charge is -2.37. The maximum atomic E-state index is 12.5. The third kappa shape index (κ3) is 5.40. The average Bonchev–Trinajstić information content (AvgIpc) is 2.84. The van der Waals surface area contributed by atoms with E-state index in [0.717, 1.165) is 11.3 Å². The molecule has 33 heavy (non-hydrogen) atoms. The summed E-state index contributed by atoms with van der Waals surface area (Å²) in [5.41, 5.74) is 3.28. The Hall–Kier alpha value is -3.24. The highest BCUT2D eigenvalue weighted by atomic mass is 32.1. The zero-order valence-electron chi connectivity index (χ0n) is 18.5. The molecule has 9 nitrogen and oxygen atoms in total. The molecular weight excluding hydrogens is 442 g/mol. The number of hydrogen-bond acceptors (Lipinski definition) is 7. The summed E-state index contributed by atoms with van der Waals surface area (Å²) in [5, 5.41) is 14.8. The normalized spacial score (nSPS) is 16.5. The number of nitrogens with one attached hydrogen (secondary N) is 1. The molecule has 2 aromatic carbocycles. The van der Waals surface area contributed by atoms with Crippen LogP contribution in [-0.4, -0.2) is 73.3 Å². The topological polar surface area (TPSA) is 91.2 Å². The van der Waals surface area contributed by atoms with E-state index in [9.17, 15) is 14.9 Å². The third-order valence-electron chi connectivity index (χ3n) is 5.94. The number of morpholine rings is 1. The number of thiocarbonyl (C=S) groups is 1. The number of piperazine rings is 1. The Bertz CT molecular complexity index is 1050. The standard InChI is InChI=1S/C23H27N5O4S/c1-17-3-2-4-18(15-17)22(29)24-23(33)27-9-7-25(8-10-27)19-5-6-20(28(30)31)21(16-19)26-11-13-32-14-12-26/h2-6,15-16H,7-14H2,1H3,(H,24,29,33). The van der Waals surface area contributed by atoms with Gasteiger partial charge in [0.1, 0.15) is 5.69 Å². The Morgan fingerprint density at radius 2 is 1.76 bits per heavy atom. The fourth-order valence-corrected chi connectivity index (χ4v) is 4.40. The Labute approximate surface area is 198 Å². The molecule has 0 aromatic heterocycles. The Morgan fingerprint density at radius 3 is 2.42 bits per heavy atom. The number of nitro benzene ring substituents is 1. The number of aryl methyl sites for hydroxylation is 1. The van der Waals surface area contributed by atoms with Crippen molar-refractivity contribution >= 4 is 40.3 Å². The van der Waals surface area contributed by atoms with Gasteiger partial charge < -0.3 is 19.4 Å². The fraction of sp³-hybridized carbons (Fsp3) is 0.391. The number of anilines is 2. The first-order valence-electron chi connectivity index (χ1n) is 11.0. The van der Waals surface area contributed by atoms with Crippen LogP contribution in [0.4, 0.5) is 17.1 Å². The van der Waals surface area contributed by atoms with Gasteiger partial charge in [-0.05, 0) is 43.4 Å². The molecule has 2 fully saturated rings. The van der Waals surface area contributed by atoms with Crippen molar-refractivity contribution in [1.29, 1.82) is 0 Å². The first-order chi connectivity index (χ1) is 15.9. The first-order valence-corrected chi connectivity index (χ1v) is 11.4. The number of rotatable bonds is 4. The fourth-order valence-electron chi connectivity index (χ4n) is 4.12. The molecule has 0 atom stereocenters. The molecule has 0 bridgehead atoms. The van der Waals surface area contributed by atoms with Crippen LogP contribution in [0.2, 0.25) is 0 Å². The lowest BCUT2D eigenvalue weighted by atomic mass is 10.1. The third-order valence-corrected chi connectivity index (χ3v) is 6.30. The van der Waals surface area contributed by atoms with Gasteiger partial charge >= 0.3 is 0 Å². The first kappa shape index (κ1) is 22.9. The Balaban J connectivity index is 1.39. The van der Waals surface area contributed by atoms with Gasteiger partial charge in [-0.15, -0.1) is 0 Å². The lowest BCUT2D eigenvalue weighted by molar-refractivity contribution is -0.384. The molecule has 0 spiro atoms. The molecule has 0 saturated carbocycles. The molecule has 1 N–H and O–H groups in total. The van der Waals surface area contributed by atoms with Crippen LogP contribution in [0, 0.1) is 17.0 Å². The minimum atomic E-state index is -0.331. The van der Waals surface area contributed by atoms with Crippen molar-refractivity contribution in [3.05, 3.63) is 63.7 Å². The van der Waals surface area contributed by atoms with Gasteiger partial charge in [0, 0.05) is 56.6 Å². The van der Waals surface area contributed by atoms with Gasteiger partial charge in [-0.1, -0.05) is 17.7 Å². The maximum Gasteiger partial charge on any atom is 0.292 e. The summed E-state index contributed by atoms with van der Waals surface area (Å²) in [4.78, 5) is 29.9. The summed E-state index contributed by atoms with van der Waals surface area (Å²) in [6.45, 7) is 7.02. The lowest BCUT2D eigenvalue weighted by Crippen LogP contribution is -2.52. The van der Waals surface area contributed by atoms with Gasteiger partial charge in [0.25, 0.3) is 11.6 Å². The van der Waals surface area contributed by atoms with Crippen LogP contribution in [0.25, 0.3) is 0 Å². The number of nitrogens with zero attached hydrogens (tertiary/aromatic N) is 4. The van der Waals surface area contributed by atoms with Crippen LogP contribution in [0.3, 0.4) is 0 Å². The summed E-state index contributed by atoms with van der Waals surface area (Å²) < 4.78 is 5.39. The van der Waals surface area contributed by atoms with E-state index in [-0.39, 0.29) is 16.5 Å². The second-order valence-electron chi connectivity index (χ2n) is 8.13. The van der Waals surface area contributed by atoms with Crippen molar-refractivity contribution < 1.29 is 14.5 Å². The van der Waals surface area contributed by atoms with E-state index in [0.29, 0.717) is 68.8 Å². The molecule has 2 aromatic rings. The number of nitro groups is 1. The summed E-state index contributed by atoms with van der Waals surface area (Å²) in [7, 11) is 0. The maximum absolute atomic E-state index is 12.5. The zero-order chi connectivity index (χ0) is 23.4. The number of benzene rings is 2. The number of amides is 1. The number of hydrogen-bond donors (Lipinski definition) is 1. The molecule has 2 saturated heterocycles. The van der Waals surface area contributed by atoms with E-state index in [1.165, 1.54) is 0 Å². The Morgan fingerprint density at radius 1 is 1.03 bits per heavy atom. The van der Waals surface area contributed by atoms with Gasteiger partial charge in [-0.25, -0.2) is 0 Å². The molecule has 2 aliphatic rings. The highest BCUT2D eigenvalue weighted by molar-refractivity contribution is 7.80. The molecule has 0 radical (unpaired) electrons. The van der Waals surface area contributed by atoms with E-state index in [1.807, 2.05) is 41.0 Å². The summed E-state index contributed by atoms with van der Waals surface area (Å²) in [6.07, 6.45) is 0. The van der Waals surface area contributed by atoms with Gasteiger partial charge in [0.2, 0.25) is 0 Å². The number of ether oxygens (including phenoxy) is 1. The Kier molecular flexibility index (Phi) is 7.05. The predicted molar refractivity (Wildman–Crippen MR) is 131 cm³/mol. The van der Waals surface area contributed by atoms with Crippen LogP contribution >= 0.6 is 12.2 Å². The van der Waals surface area contributed by atoms with Crippen molar-refractivity contribution in [1.82, 2.24) is 10.2 Å². The highest BCUT2D eigenvalue weighted by Gasteiger charge is 2.25. The van der Waals surface area contributed by atoms with Gasteiger partial charge in [-0.3, -0.25) is 20.2 Å². The van der Waals surface area contributed by atoms with E-state index < -0.39 is 0 Å². The predicted octanol–water partition coefficient (Wildman–Crippen LogP) is 2.58. The summed E-state index contributed by atoms with van der Waals surface area (Å²) >= 11 is 5.47. The van der Waals surface area contributed by atoms with Crippen molar-refractivity contribution in [2.24, 2.45) is 0 Å². The summed E-state index contributed by atoms with van der Waals surface area (Å²) in [5.74, 6) is -0.211. The smallest absolute Gasteiger partial charge is 0.292 e.